The van der Waals surface area contributed by atoms with Gasteiger partial charge in [-0.1, -0.05) is 50.1 Å². The summed E-state index contributed by atoms with van der Waals surface area (Å²) in [4.78, 5) is 20.3. The van der Waals surface area contributed by atoms with E-state index in [1.165, 1.54) is 11.1 Å². The van der Waals surface area contributed by atoms with E-state index >= 15 is 0 Å². The number of benzene rings is 2. The zero-order valence-corrected chi connectivity index (χ0v) is 30.7. The Kier molecular flexibility index (Phi) is 10.6. The van der Waals surface area contributed by atoms with Gasteiger partial charge in [-0.05, 0) is 97.5 Å². The van der Waals surface area contributed by atoms with Gasteiger partial charge in [-0.2, -0.15) is 0 Å². The maximum atomic E-state index is 13.5. The van der Waals surface area contributed by atoms with Crippen LogP contribution in [0.15, 0.2) is 54.7 Å². The van der Waals surface area contributed by atoms with Crippen molar-refractivity contribution in [1.29, 1.82) is 0 Å². The number of fused-ring (bicyclic) bond motifs is 2. The maximum Gasteiger partial charge on any atom is 0.263 e. The largest absolute Gasteiger partial charge is 0.491 e. The number of aromatic nitrogens is 2. The summed E-state index contributed by atoms with van der Waals surface area (Å²) in [6.07, 6.45) is 10.7. The molecule has 2 aliphatic heterocycles. The molecule has 11 heteroatoms. The van der Waals surface area contributed by atoms with E-state index < -0.39 is 16.6 Å². The zero-order valence-electron chi connectivity index (χ0n) is 28.4. The molecule has 1 saturated carbocycles. The molecule has 0 saturated heterocycles. The summed E-state index contributed by atoms with van der Waals surface area (Å²) in [6.45, 7) is 8.10. The SMILES string of the molecule is CCCc1cc(Cl)ccc1C1COc2ccc3cc2N(C1)CC1CCC1[C@](OC)(c1cnc(Cl)n1C)/C=C/CC(C)C(C)S(=O)NC3=O. The van der Waals surface area contributed by atoms with Gasteiger partial charge < -0.3 is 18.9 Å². The first-order chi connectivity index (χ1) is 23.1. The van der Waals surface area contributed by atoms with E-state index in [4.69, 9.17) is 32.7 Å². The minimum atomic E-state index is -1.58. The molecule has 6 unspecified atom stereocenters. The summed E-state index contributed by atoms with van der Waals surface area (Å²) in [5.74, 6) is 0.907. The monoisotopic (exact) mass is 712 g/mol. The number of imidazole rings is 1. The molecular weight excluding hydrogens is 667 g/mol. The number of anilines is 1. The van der Waals surface area contributed by atoms with Crippen LogP contribution in [0.4, 0.5) is 5.69 Å². The summed E-state index contributed by atoms with van der Waals surface area (Å²) in [5.41, 5.74) is 3.94. The molecule has 0 spiro atoms. The van der Waals surface area contributed by atoms with Gasteiger partial charge >= 0.3 is 0 Å². The second-order valence-electron chi connectivity index (χ2n) is 13.7. The van der Waals surface area contributed by atoms with E-state index in [1.54, 1.807) is 13.2 Å². The first-order valence-electron chi connectivity index (χ1n) is 17.0. The predicted octanol–water partition coefficient (Wildman–Crippen LogP) is 7.61. The van der Waals surface area contributed by atoms with Crippen LogP contribution < -0.4 is 14.4 Å². The third-order valence-electron chi connectivity index (χ3n) is 10.8. The van der Waals surface area contributed by atoms with E-state index in [1.807, 2.05) is 42.9 Å². The summed E-state index contributed by atoms with van der Waals surface area (Å²) >= 11 is 13.0. The Morgan fingerprint density at radius 3 is 2.65 bits per heavy atom. The Hall–Kier alpha value is -2.85. The number of carbonyl (C=O) groups excluding carboxylic acids is 1. The summed E-state index contributed by atoms with van der Waals surface area (Å²) in [6, 6.07) is 11.7. The van der Waals surface area contributed by atoms with Crippen molar-refractivity contribution in [2.75, 3.05) is 31.7 Å². The molecule has 7 atom stereocenters. The van der Waals surface area contributed by atoms with E-state index in [0.29, 0.717) is 30.4 Å². The highest BCUT2D eigenvalue weighted by atomic mass is 35.5. The number of nitrogens with zero attached hydrogens (tertiary/aromatic N) is 3. The van der Waals surface area contributed by atoms with Gasteiger partial charge in [0.15, 0.2) is 0 Å². The Labute approximate surface area is 296 Å². The van der Waals surface area contributed by atoms with Crippen molar-refractivity contribution >= 4 is 45.8 Å². The number of ether oxygens (including phenoxy) is 2. The Bertz CT molecular complexity index is 1710. The Balaban J connectivity index is 1.46. The molecule has 1 aliphatic carbocycles. The van der Waals surface area contributed by atoms with Crippen LogP contribution in [0.5, 0.6) is 5.75 Å². The van der Waals surface area contributed by atoms with Gasteiger partial charge in [0, 0.05) is 49.7 Å². The number of allylic oxidation sites excluding steroid dienone is 1. The van der Waals surface area contributed by atoms with Crippen molar-refractivity contribution in [3.8, 4) is 5.75 Å². The fourth-order valence-electron chi connectivity index (χ4n) is 7.67. The van der Waals surface area contributed by atoms with Crippen LogP contribution in [0.2, 0.25) is 10.3 Å². The maximum absolute atomic E-state index is 13.5. The van der Waals surface area contributed by atoms with Crippen LogP contribution in [0.3, 0.4) is 0 Å². The van der Waals surface area contributed by atoms with Gasteiger partial charge in [-0.3, -0.25) is 9.52 Å². The van der Waals surface area contributed by atoms with Crippen molar-refractivity contribution in [3.05, 3.63) is 87.4 Å². The molecule has 6 rings (SSSR count). The molecule has 258 valence electrons. The van der Waals surface area contributed by atoms with Gasteiger partial charge in [0.1, 0.15) is 22.3 Å². The summed E-state index contributed by atoms with van der Waals surface area (Å²) in [7, 11) is 2.11. The number of hydrogen-bond acceptors (Lipinski definition) is 6. The van der Waals surface area contributed by atoms with Gasteiger partial charge in [0.05, 0.1) is 29.4 Å². The molecule has 1 aromatic heterocycles. The highest BCUT2D eigenvalue weighted by molar-refractivity contribution is 7.84. The number of nitrogens with one attached hydrogen (secondary N) is 1. The minimum Gasteiger partial charge on any atom is -0.491 e. The smallest absolute Gasteiger partial charge is 0.263 e. The molecule has 2 bridgehead atoms. The molecule has 8 nitrogen and oxygen atoms in total. The fraction of sp³-hybridized carbons (Fsp3) is 0.514. The molecule has 3 aromatic rings. The lowest BCUT2D eigenvalue weighted by atomic mass is 9.63. The Morgan fingerprint density at radius 2 is 1.96 bits per heavy atom. The summed E-state index contributed by atoms with van der Waals surface area (Å²) in [5, 5.41) is 0.869. The second-order valence-corrected chi connectivity index (χ2v) is 16.0. The lowest BCUT2D eigenvalue weighted by molar-refractivity contribution is -0.0845. The van der Waals surface area contributed by atoms with Crippen molar-refractivity contribution in [2.24, 2.45) is 24.8 Å². The highest BCUT2D eigenvalue weighted by Gasteiger charge is 2.50. The molecule has 3 heterocycles. The van der Waals surface area contributed by atoms with E-state index in [2.05, 4.69) is 52.7 Å². The Morgan fingerprint density at radius 1 is 1.15 bits per heavy atom. The van der Waals surface area contributed by atoms with Crippen molar-refractivity contribution in [2.45, 2.75) is 69.6 Å². The standard InChI is InChI=1S/C37H46Cl2N4O4S/c1-6-8-25-17-29(38)12-13-30(25)28-21-43-20-27-10-14-31(27)37(46-5,34-19-40-36(39)42(34)4)16-7-9-23(2)24(3)48(45)41-35(44)26-11-15-33(47-22-28)32(43)18-26/h7,11-13,15-19,23-24,27-28,31H,6,8-10,14,20-22H2,1-5H3,(H,41,44)/b16-7+/t23?,24?,27?,28?,31?,37-,48?/m0/s1. The quantitative estimate of drug-likeness (QED) is 0.274. The van der Waals surface area contributed by atoms with E-state index in [-0.39, 0.29) is 34.8 Å². The van der Waals surface area contributed by atoms with Crippen molar-refractivity contribution in [3.63, 3.8) is 0 Å². The second kappa shape index (κ2) is 14.6. The third-order valence-corrected chi connectivity index (χ3v) is 12.9. The number of aryl methyl sites for hydroxylation is 1. The molecule has 0 radical (unpaired) electrons. The zero-order chi connectivity index (χ0) is 34.2. The molecule has 1 amide bonds. The van der Waals surface area contributed by atoms with Gasteiger partial charge in [0.25, 0.3) is 5.91 Å². The molecule has 48 heavy (non-hydrogen) atoms. The minimum absolute atomic E-state index is 0.0375. The number of halogens is 2. The van der Waals surface area contributed by atoms with Gasteiger partial charge in [0.2, 0.25) is 5.28 Å². The number of methoxy groups -OCH3 is 1. The fourth-order valence-corrected chi connectivity index (χ4v) is 9.02. The lowest BCUT2D eigenvalue weighted by Crippen LogP contribution is -2.50. The van der Waals surface area contributed by atoms with Crippen LogP contribution in [0.1, 0.15) is 79.6 Å². The number of rotatable bonds is 5. The average molecular weight is 714 g/mol. The number of carbonyl (C=O) groups is 1. The average Bonchev–Trinajstić information content (AvgIpc) is 3.29. The first kappa shape index (κ1) is 35.0. The van der Waals surface area contributed by atoms with Crippen LogP contribution in [0, 0.1) is 17.8 Å². The topological polar surface area (TPSA) is 85.7 Å². The third kappa shape index (κ3) is 6.68. The molecule has 2 aromatic carbocycles. The van der Waals surface area contributed by atoms with Crippen LogP contribution in [0.25, 0.3) is 0 Å². The summed E-state index contributed by atoms with van der Waals surface area (Å²) < 4.78 is 31.2. The molecule has 1 fully saturated rings. The van der Waals surface area contributed by atoms with Crippen molar-refractivity contribution < 1.29 is 18.5 Å². The normalized spacial score (nSPS) is 30.0. The molecule has 1 N–H and O–H groups in total. The van der Waals surface area contributed by atoms with E-state index in [9.17, 15) is 9.00 Å². The van der Waals surface area contributed by atoms with Gasteiger partial charge in [-0.25, -0.2) is 9.19 Å². The lowest BCUT2D eigenvalue weighted by Gasteiger charge is -2.49. The molecule has 3 aliphatic rings. The van der Waals surface area contributed by atoms with E-state index in [0.717, 1.165) is 54.4 Å². The number of amides is 1. The molecular formula is C37H46Cl2N4O4S. The number of hydrogen-bond donors (Lipinski definition) is 1. The van der Waals surface area contributed by atoms with Crippen molar-refractivity contribution in [1.82, 2.24) is 14.3 Å². The highest BCUT2D eigenvalue weighted by Crippen LogP contribution is 2.51. The predicted molar refractivity (Wildman–Crippen MR) is 193 cm³/mol. The van der Waals surface area contributed by atoms with Gasteiger partial charge in [-0.15, -0.1) is 0 Å². The first-order valence-corrected chi connectivity index (χ1v) is 18.9. The van der Waals surface area contributed by atoms with Crippen LogP contribution in [-0.4, -0.2) is 51.7 Å². The van der Waals surface area contributed by atoms with Crippen LogP contribution in [-0.2, 0) is 34.8 Å². The van der Waals surface area contributed by atoms with Crippen LogP contribution >= 0.6 is 23.2 Å².